The summed E-state index contributed by atoms with van der Waals surface area (Å²) in [6.07, 6.45) is 0. The molecule has 1 amide bonds. The van der Waals surface area contributed by atoms with Gasteiger partial charge in [0.25, 0.3) is 11.5 Å². The van der Waals surface area contributed by atoms with Gasteiger partial charge in [-0.25, -0.2) is 10.2 Å². The number of aryl methyl sites for hydroxylation is 2. The number of halogens is 1. The molecule has 0 fully saturated rings. The third kappa shape index (κ3) is 5.78. The van der Waals surface area contributed by atoms with Crippen LogP contribution in [0.15, 0.2) is 23.0 Å². The highest BCUT2D eigenvalue weighted by Crippen LogP contribution is 2.28. The van der Waals surface area contributed by atoms with E-state index in [1.54, 1.807) is 19.1 Å². The zero-order valence-electron chi connectivity index (χ0n) is 16.1. The molecule has 0 saturated carbocycles. The zero-order valence-corrected chi connectivity index (χ0v) is 16.8. The summed E-state index contributed by atoms with van der Waals surface area (Å²) < 4.78 is 1.07. The van der Waals surface area contributed by atoms with Crippen LogP contribution in [-0.4, -0.2) is 34.0 Å². The number of nitrogens with one attached hydrogen (secondary N) is 2. The Hall–Kier alpha value is -2.42. The van der Waals surface area contributed by atoms with Crippen LogP contribution >= 0.6 is 11.6 Å². The minimum atomic E-state index is -0.655. The summed E-state index contributed by atoms with van der Waals surface area (Å²) >= 11 is 6.22. The summed E-state index contributed by atoms with van der Waals surface area (Å²) in [7, 11) is 1.45. The molecule has 0 saturated heterocycles. The van der Waals surface area contributed by atoms with Crippen LogP contribution in [-0.2, 0) is 11.9 Å². The number of amides is 1. The number of hydrogen-bond donors (Lipinski definition) is 3. The van der Waals surface area contributed by atoms with Crippen LogP contribution in [0.3, 0.4) is 0 Å². The highest BCUT2D eigenvalue weighted by Gasteiger charge is 2.20. The molecule has 27 heavy (non-hydrogen) atoms. The number of nitrogens with zero attached hydrogens (tertiary/aromatic N) is 2. The van der Waals surface area contributed by atoms with E-state index in [9.17, 15) is 9.59 Å². The van der Waals surface area contributed by atoms with E-state index in [1.807, 2.05) is 26.8 Å². The van der Waals surface area contributed by atoms with Crippen molar-refractivity contribution in [1.82, 2.24) is 15.3 Å². The van der Waals surface area contributed by atoms with Gasteiger partial charge in [-0.05, 0) is 31.5 Å². The molecule has 1 heterocycles. The van der Waals surface area contributed by atoms with Crippen LogP contribution in [0.2, 0.25) is 5.02 Å². The maximum atomic E-state index is 12.3. The molecule has 0 spiro atoms. The van der Waals surface area contributed by atoms with Crippen molar-refractivity contribution >= 4 is 28.9 Å². The molecule has 1 aromatic carbocycles. The van der Waals surface area contributed by atoms with Gasteiger partial charge >= 0.3 is 0 Å². The van der Waals surface area contributed by atoms with Gasteiger partial charge in [-0.3, -0.25) is 14.4 Å². The summed E-state index contributed by atoms with van der Waals surface area (Å²) in [5, 5.41) is 16.2. The maximum Gasteiger partial charge on any atom is 0.297 e. The van der Waals surface area contributed by atoms with Crippen molar-refractivity contribution in [3.63, 3.8) is 0 Å². The first-order valence-corrected chi connectivity index (χ1v) is 8.87. The normalized spacial score (nSPS) is 10.0. The van der Waals surface area contributed by atoms with Crippen molar-refractivity contribution in [2.45, 2.75) is 27.7 Å². The fourth-order valence-electron chi connectivity index (χ4n) is 2.15. The third-order valence-corrected chi connectivity index (χ3v) is 3.75. The summed E-state index contributed by atoms with van der Waals surface area (Å²) in [6, 6.07) is 5.36. The molecule has 2 rings (SSSR count). The van der Waals surface area contributed by atoms with Crippen molar-refractivity contribution in [2.75, 3.05) is 18.5 Å². The van der Waals surface area contributed by atoms with Gasteiger partial charge in [-0.1, -0.05) is 31.5 Å². The Kier molecular flexibility index (Phi) is 8.93. The lowest BCUT2D eigenvalue weighted by molar-refractivity contribution is 0.0164. The van der Waals surface area contributed by atoms with Crippen LogP contribution in [0.4, 0.5) is 11.4 Å². The smallest absolute Gasteiger partial charge is 0.297 e. The van der Waals surface area contributed by atoms with E-state index in [0.717, 1.165) is 10.2 Å². The van der Waals surface area contributed by atoms with Gasteiger partial charge < -0.3 is 10.4 Å². The highest BCUT2D eigenvalue weighted by molar-refractivity contribution is 6.33. The molecule has 0 unspecified atom stereocenters. The van der Waals surface area contributed by atoms with Gasteiger partial charge in [0, 0.05) is 12.6 Å². The van der Waals surface area contributed by atoms with Crippen LogP contribution in [0.5, 0.6) is 0 Å². The van der Waals surface area contributed by atoms with Crippen molar-refractivity contribution in [3.05, 3.63) is 50.4 Å². The largest absolute Gasteiger partial charge is 0.394 e. The molecular formula is C18H25ClN4O4. The summed E-state index contributed by atoms with van der Waals surface area (Å²) in [5.41, 5.74) is 3.85. The van der Waals surface area contributed by atoms with Gasteiger partial charge in [0.15, 0.2) is 5.69 Å². The van der Waals surface area contributed by atoms with Crippen molar-refractivity contribution in [1.29, 1.82) is 0 Å². The van der Waals surface area contributed by atoms with Crippen LogP contribution in [0.1, 0.15) is 35.5 Å². The fraction of sp³-hybridized carbons (Fsp3) is 0.389. The Labute approximate surface area is 163 Å². The Morgan fingerprint density at radius 1 is 1.33 bits per heavy atom. The third-order valence-electron chi connectivity index (χ3n) is 3.43. The highest BCUT2D eigenvalue weighted by atomic mass is 35.5. The number of rotatable bonds is 6. The molecule has 148 valence electrons. The number of benzene rings is 1. The molecule has 2 aromatic rings. The average Bonchev–Trinajstić information content (AvgIpc) is 2.65. The first-order chi connectivity index (χ1) is 12.8. The molecule has 8 nitrogen and oxygen atoms in total. The van der Waals surface area contributed by atoms with E-state index in [0.29, 0.717) is 16.3 Å². The van der Waals surface area contributed by atoms with E-state index in [1.165, 1.54) is 7.05 Å². The Bertz CT molecular complexity index is 852. The van der Waals surface area contributed by atoms with E-state index in [4.69, 9.17) is 21.5 Å². The molecule has 3 N–H and O–H groups in total. The summed E-state index contributed by atoms with van der Waals surface area (Å²) in [6.45, 7) is 7.17. The van der Waals surface area contributed by atoms with Crippen LogP contribution < -0.4 is 16.4 Å². The minimum absolute atomic E-state index is 0.0332. The topological polar surface area (TPSA) is 105 Å². The number of carbonyl (C=O) groups excluding carboxylic acids is 1. The molecule has 0 aliphatic rings. The molecule has 0 aliphatic heterocycles. The first-order valence-electron chi connectivity index (χ1n) is 8.49. The minimum Gasteiger partial charge on any atom is -0.394 e. The molecule has 0 radical (unpaired) electrons. The van der Waals surface area contributed by atoms with Crippen molar-refractivity contribution < 1.29 is 14.7 Å². The number of aromatic nitrogens is 2. The number of aliphatic hydroxyl groups excluding tert-OH is 1. The zero-order chi connectivity index (χ0) is 20.6. The average molecular weight is 397 g/mol. The lowest BCUT2D eigenvalue weighted by Gasteiger charge is -2.16. The molecule has 1 aromatic heterocycles. The van der Waals surface area contributed by atoms with E-state index in [2.05, 4.69) is 15.9 Å². The number of aliphatic hydroxyl groups is 1. The number of anilines is 2. The molecule has 9 heteroatoms. The first kappa shape index (κ1) is 22.6. The SMILES string of the molecule is CC.Cc1ccc(Nc2c(C(=O)NOCCO)nn(C)c(=O)c2C)c(Cl)c1. The summed E-state index contributed by atoms with van der Waals surface area (Å²) in [4.78, 5) is 29.3. The molecule has 0 aliphatic carbocycles. The second kappa shape index (κ2) is 10.7. The van der Waals surface area contributed by atoms with Gasteiger partial charge in [-0.15, -0.1) is 0 Å². The number of hydrogen-bond acceptors (Lipinski definition) is 6. The number of hydroxylamine groups is 1. The standard InChI is InChI=1S/C16H19ClN4O4.C2H6/c1-9-4-5-12(11(17)8-9)18-13-10(2)16(24)21(3)19-14(13)15(23)20-25-7-6-22;1-2/h4-5,8,18,22H,6-7H2,1-3H3,(H,20,23);1-2H3. The quantitative estimate of drug-likeness (QED) is 0.511. The summed E-state index contributed by atoms with van der Waals surface area (Å²) in [5.74, 6) is -0.655. The predicted molar refractivity (Wildman–Crippen MR) is 106 cm³/mol. The van der Waals surface area contributed by atoms with Crippen molar-refractivity contribution in [2.24, 2.45) is 7.05 Å². The van der Waals surface area contributed by atoms with E-state index >= 15 is 0 Å². The van der Waals surface area contributed by atoms with Crippen LogP contribution in [0, 0.1) is 13.8 Å². The second-order valence-electron chi connectivity index (χ2n) is 5.39. The van der Waals surface area contributed by atoms with E-state index < -0.39 is 5.91 Å². The Morgan fingerprint density at radius 3 is 2.59 bits per heavy atom. The van der Waals surface area contributed by atoms with Gasteiger partial charge in [0.1, 0.15) is 0 Å². The second-order valence-corrected chi connectivity index (χ2v) is 5.80. The maximum absolute atomic E-state index is 12.3. The molecular weight excluding hydrogens is 372 g/mol. The predicted octanol–water partition coefficient (Wildman–Crippen LogP) is 2.47. The number of carbonyl (C=O) groups is 1. The molecule has 0 bridgehead atoms. The lowest BCUT2D eigenvalue weighted by Crippen LogP contribution is -2.32. The Morgan fingerprint density at radius 2 is 2.00 bits per heavy atom. The van der Waals surface area contributed by atoms with Gasteiger partial charge in [0.2, 0.25) is 0 Å². The van der Waals surface area contributed by atoms with E-state index in [-0.39, 0.29) is 30.2 Å². The van der Waals surface area contributed by atoms with Crippen LogP contribution in [0.25, 0.3) is 0 Å². The lowest BCUT2D eigenvalue weighted by atomic mass is 10.1. The van der Waals surface area contributed by atoms with Crippen molar-refractivity contribution in [3.8, 4) is 0 Å². The van der Waals surface area contributed by atoms with Gasteiger partial charge in [-0.2, -0.15) is 5.10 Å². The van der Waals surface area contributed by atoms with Gasteiger partial charge in [0.05, 0.1) is 29.6 Å². The fourth-order valence-corrected chi connectivity index (χ4v) is 2.43. The molecule has 0 atom stereocenters. The monoisotopic (exact) mass is 396 g/mol. The Balaban J connectivity index is 0.00000176.